The Kier molecular flexibility index (Phi) is 3.06. The van der Waals surface area contributed by atoms with Crippen molar-refractivity contribution in [2.75, 3.05) is 6.61 Å². The maximum atomic E-state index is 12.5. The Bertz CT molecular complexity index is 464. The van der Waals surface area contributed by atoms with Gasteiger partial charge in [-0.3, -0.25) is 0 Å². The number of benzene rings is 1. The smallest absolute Gasteiger partial charge is 0.416 e. The zero-order valence-corrected chi connectivity index (χ0v) is 9.33. The van der Waals surface area contributed by atoms with Crippen LogP contribution in [0.5, 0.6) is 0 Å². The van der Waals surface area contributed by atoms with E-state index in [0.717, 1.165) is 12.1 Å². The van der Waals surface area contributed by atoms with Crippen molar-refractivity contribution in [1.29, 1.82) is 0 Å². The second-order valence-electron chi connectivity index (χ2n) is 4.29. The molecule has 1 aromatic rings. The predicted molar refractivity (Wildman–Crippen MR) is 56.1 cm³/mol. The summed E-state index contributed by atoms with van der Waals surface area (Å²) in [6, 6.07) is 4.90. The van der Waals surface area contributed by atoms with Crippen molar-refractivity contribution in [2.24, 2.45) is 0 Å². The molecule has 3 nitrogen and oxygen atoms in total. The van der Waals surface area contributed by atoms with Gasteiger partial charge in [0.25, 0.3) is 0 Å². The fraction of sp³-hybridized carbons (Fsp3) is 0.417. The van der Waals surface area contributed by atoms with Gasteiger partial charge in [-0.15, -0.1) is 0 Å². The van der Waals surface area contributed by atoms with E-state index >= 15 is 0 Å². The molecule has 0 spiro atoms. The SMILES string of the molecule is O=C(O)C1(CCc2cccc(C(F)(F)F)c2)CO1. The fourth-order valence-corrected chi connectivity index (χ4v) is 1.71. The number of carboxylic acid groups (broad SMARTS) is 1. The van der Waals surface area contributed by atoms with E-state index in [1.807, 2.05) is 0 Å². The highest BCUT2D eigenvalue weighted by molar-refractivity contribution is 5.80. The molecule has 0 bridgehead atoms. The summed E-state index contributed by atoms with van der Waals surface area (Å²) in [7, 11) is 0. The monoisotopic (exact) mass is 260 g/mol. The molecular formula is C12H11F3O3. The highest BCUT2D eigenvalue weighted by atomic mass is 19.4. The largest absolute Gasteiger partial charge is 0.479 e. The molecule has 0 saturated carbocycles. The van der Waals surface area contributed by atoms with E-state index in [9.17, 15) is 18.0 Å². The van der Waals surface area contributed by atoms with E-state index in [-0.39, 0.29) is 19.4 Å². The summed E-state index contributed by atoms with van der Waals surface area (Å²) in [4.78, 5) is 10.8. The number of alkyl halides is 3. The second-order valence-corrected chi connectivity index (χ2v) is 4.29. The van der Waals surface area contributed by atoms with Crippen LogP contribution in [0.4, 0.5) is 13.2 Å². The van der Waals surface area contributed by atoms with E-state index in [0.29, 0.717) is 5.56 Å². The molecule has 1 heterocycles. The summed E-state index contributed by atoms with van der Waals surface area (Å²) in [6.45, 7) is 0.126. The summed E-state index contributed by atoms with van der Waals surface area (Å²) < 4.78 is 42.2. The molecule has 0 radical (unpaired) electrons. The van der Waals surface area contributed by atoms with Gasteiger partial charge in [0.2, 0.25) is 0 Å². The molecule has 1 fully saturated rings. The molecule has 18 heavy (non-hydrogen) atoms. The van der Waals surface area contributed by atoms with Crippen LogP contribution in [0.1, 0.15) is 17.5 Å². The summed E-state index contributed by atoms with van der Waals surface area (Å²) in [5.41, 5.74) is -1.45. The molecule has 6 heteroatoms. The molecule has 1 aliphatic rings. The standard InChI is InChI=1S/C12H11F3O3/c13-12(14,15)9-3-1-2-8(6-9)4-5-11(7-18-11)10(16)17/h1-3,6H,4-5,7H2,(H,16,17). The van der Waals surface area contributed by atoms with Gasteiger partial charge in [-0.2, -0.15) is 13.2 Å². The molecule has 1 unspecified atom stereocenters. The number of halogens is 3. The van der Waals surface area contributed by atoms with Gasteiger partial charge < -0.3 is 9.84 Å². The number of hydrogen-bond acceptors (Lipinski definition) is 2. The first-order chi connectivity index (χ1) is 8.33. The van der Waals surface area contributed by atoms with Crippen LogP contribution in [0.25, 0.3) is 0 Å². The third-order valence-electron chi connectivity index (χ3n) is 2.95. The minimum Gasteiger partial charge on any atom is -0.479 e. The van der Waals surface area contributed by atoms with Crippen molar-refractivity contribution in [3.63, 3.8) is 0 Å². The minimum atomic E-state index is -4.38. The maximum Gasteiger partial charge on any atom is 0.416 e. The minimum absolute atomic E-state index is 0.126. The van der Waals surface area contributed by atoms with Crippen LogP contribution in [-0.2, 0) is 22.1 Å². The number of hydrogen-bond donors (Lipinski definition) is 1. The summed E-state index contributed by atoms with van der Waals surface area (Å²) in [5.74, 6) is -1.06. The van der Waals surface area contributed by atoms with Crippen LogP contribution in [0, 0.1) is 0 Å². The van der Waals surface area contributed by atoms with E-state index in [4.69, 9.17) is 9.84 Å². The van der Waals surface area contributed by atoms with Gasteiger partial charge in [0, 0.05) is 0 Å². The molecule has 1 aliphatic heterocycles. The molecule has 0 amide bonds. The number of carboxylic acids is 1. The lowest BCUT2D eigenvalue weighted by atomic mass is 9.99. The Hall–Kier alpha value is -1.56. The first-order valence-electron chi connectivity index (χ1n) is 5.37. The normalized spacial score (nSPS) is 22.8. The van der Waals surface area contributed by atoms with Gasteiger partial charge in [-0.1, -0.05) is 18.2 Å². The first-order valence-corrected chi connectivity index (χ1v) is 5.37. The highest BCUT2D eigenvalue weighted by Gasteiger charge is 2.52. The van der Waals surface area contributed by atoms with Crippen molar-refractivity contribution in [3.8, 4) is 0 Å². The van der Waals surface area contributed by atoms with E-state index in [1.165, 1.54) is 6.07 Å². The Morgan fingerprint density at radius 1 is 1.44 bits per heavy atom. The average molecular weight is 260 g/mol. The van der Waals surface area contributed by atoms with Gasteiger partial charge >= 0.3 is 12.1 Å². The maximum absolute atomic E-state index is 12.5. The Morgan fingerprint density at radius 3 is 2.61 bits per heavy atom. The summed E-state index contributed by atoms with van der Waals surface area (Å²) in [6.07, 6.45) is -3.95. The number of ether oxygens (including phenoxy) is 1. The molecule has 0 aromatic heterocycles. The average Bonchev–Trinajstić information content (AvgIpc) is 3.07. The molecule has 98 valence electrons. The van der Waals surface area contributed by atoms with Crippen LogP contribution in [0.3, 0.4) is 0 Å². The van der Waals surface area contributed by atoms with Crippen molar-refractivity contribution in [3.05, 3.63) is 35.4 Å². The number of epoxide rings is 1. The topological polar surface area (TPSA) is 49.8 Å². The predicted octanol–water partition coefficient (Wildman–Crippen LogP) is 2.49. The molecule has 1 aromatic carbocycles. The Labute approximate surface area is 101 Å². The van der Waals surface area contributed by atoms with Gasteiger partial charge in [-0.05, 0) is 24.5 Å². The van der Waals surface area contributed by atoms with Gasteiger partial charge in [0.15, 0.2) is 5.60 Å². The zero-order valence-electron chi connectivity index (χ0n) is 9.33. The van der Waals surface area contributed by atoms with E-state index in [1.54, 1.807) is 6.07 Å². The number of aliphatic carboxylic acids is 1. The summed E-state index contributed by atoms with van der Waals surface area (Å²) in [5, 5.41) is 8.86. The first kappa shape index (κ1) is 12.9. The van der Waals surface area contributed by atoms with Crippen LogP contribution < -0.4 is 0 Å². The van der Waals surface area contributed by atoms with Crippen LogP contribution in [0.15, 0.2) is 24.3 Å². The van der Waals surface area contributed by atoms with Gasteiger partial charge in [-0.25, -0.2) is 4.79 Å². The molecule has 1 N–H and O–H groups in total. The second kappa shape index (κ2) is 4.28. The van der Waals surface area contributed by atoms with Crippen molar-refractivity contribution in [1.82, 2.24) is 0 Å². The Morgan fingerprint density at radius 2 is 2.11 bits per heavy atom. The lowest BCUT2D eigenvalue weighted by Gasteiger charge is -2.10. The van der Waals surface area contributed by atoms with Crippen molar-refractivity contribution in [2.45, 2.75) is 24.6 Å². The lowest BCUT2D eigenvalue weighted by molar-refractivity contribution is -0.143. The van der Waals surface area contributed by atoms with Crippen LogP contribution in [0.2, 0.25) is 0 Å². The molecule has 1 atom stereocenters. The highest BCUT2D eigenvalue weighted by Crippen LogP contribution is 2.34. The van der Waals surface area contributed by atoms with Crippen molar-refractivity contribution < 1.29 is 27.8 Å². The quantitative estimate of drug-likeness (QED) is 0.846. The third-order valence-corrected chi connectivity index (χ3v) is 2.95. The number of carbonyl (C=O) groups is 1. The summed E-state index contributed by atoms with van der Waals surface area (Å²) >= 11 is 0. The van der Waals surface area contributed by atoms with Gasteiger partial charge in [0.05, 0.1) is 12.2 Å². The van der Waals surface area contributed by atoms with Crippen LogP contribution in [-0.4, -0.2) is 23.3 Å². The Balaban J connectivity index is 2.05. The van der Waals surface area contributed by atoms with Gasteiger partial charge in [0.1, 0.15) is 0 Å². The molecule has 2 rings (SSSR count). The fourth-order valence-electron chi connectivity index (χ4n) is 1.71. The molecule has 1 saturated heterocycles. The van der Waals surface area contributed by atoms with Crippen molar-refractivity contribution >= 4 is 5.97 Å². The third kappa shape index (κ3) is 2.64. The number of rotatable bonds is 4. The van der Waals surface area contributed by atoms with E-state index in [2.05, 4.69) is 0 Å². The zero-order chi connectivity index (χ0) is 13.4. The lowest BCUT2D eigenvalue weighted by Crippen LogP contribution is -2.24. The van der Waals surface area contributed by atoms with Crippen LogP contribution >= 0.6 is 0 Å². The van der Waals surface area contributed by atoms with E-state index < -0.39 is 23.3 Å². The molecular weight excluding hydrogens is 249 g/mol. The molecule has 0 aliphatic carbocycles. The number of aryl methyl sites for hydroxylation is 1.